The number of hydrogen-bond acceptors (Lipinski definition) is 4. The third-order valence-corrected chi connectivity index (χ3v) is 13.3. The molecule has 2 aliphatic rings. The van der Waals surface area contributed by atoms with E-state index in [1.807, 2.05) is 64.1 Å². The maximum absolute atomic E-state index is 14.9. The van der Waals surface area contributed by atoms with Gasteiger partial charge in [0.15, 0.2) is 6.23 Å². The van der Waals surface area contributed by atoms with Gasteiger partial charge in [-0.15, -0.1) is 0 Å². The largest absolute Gasteiger partial charge is 0.369 e. The molecule has 9 rings (SSSR count). The molecule has 2 aliphatic heterocycles. The summed E-state index contributed by atoms with van der Waals surface area (Å²) in [7, 11) is 0. The van der Waals surface area contributed by atoms with Gasteiger partial charge in [-0.25, -0.2) is 4.90 Å². The summed E-state index contributed by atoms with van der Waals surface area (Å²) in [6.07, 6.45) is -1.40. The number of aliphatic hydroxyl groups is 1. The number of rotatable bonds is 6. The van der Waals surface area contributed by atoms with Crippen LogP contribution in [0.15, 0.2) is 60.7 Å². The van der Waals surface area contributed by atoms with Crippen molar-refractivity contribution in [1.29, 1.82) is 0 Å². The van der Waals surface area contributed by atoms with Crippen LogP contribution in [0.3, 0.4) is 0 Å². The van der Waals surface area contributed by atoms with E-state index in [4.69, 9.17) is 46.4 Å². The second-order valence-electron chi connectivity index (χ2n) is 16.8. The summed E-state index contributed by atoms with van der Waals surface area (Å²) in [5.41, 5.74) is 6.03. The predicted octanol–water partition coefficient (Wildman–Crippen LogP) is 14.3. The van der Waals surface area contributed by atoms with Crippen molar-refractivity contribution in [2.45, 2.75) is 85.3 Å². The molecule has 0 bridgehead atoms. The van der Waals surface area contributed by atoms with E-state index in [9.17, 15) is 19.5 Å². The number of nitrogens with zero attached hydrogens (tertiary/aromatic N) is 2. The smallest absolute Gasteiger partial charge is 0.266 e. The van der Waals surface area contributed by atoms with Crippen molar-refractivity contribution in [3.63, 3.8) is 0 Å². The predicted molar refractivity (Wildman–Crippen MR) is 240 cm³/mol. The molecule has 0 saturated heterocycles. The number of amides is 3. The number of aliphatic hydroxyl groups excluding tert-OH is 1. The van der Waals surface area contributed by atoms with Crippen LogP contribution < -0.4 is 9.80 Å². The molecule has 58 heavy (non-hydrogen) atoms. The monoisotopic (exact) mass is 848 g/mol. The Labute approximate surface area is 356 Å². The molecular formula is C48H40Cl4N2O4. The van der Waals surface area contributed by atoms with E-state index in [-0.39, 0.29) is 54.9 Å². The minimum absolute atomic E-state index is 0.0147. The molecular weight excluding hydrogens is 810 g/mol. The molecule has 2 heterocycles. The average molecular weight is 851 g/mol. The molecule has 294 valence electrons. The molecule has 0 radical (unpaired) electrons. The Morgan fingerprint density at radius 1 is 0.466 bits per heavy atom. The van der Waals surface area contributed by atoms with E-state index in [0.29, 0.717) is 65.6 Å². The lowest BCUT2D eigenvalue weighted by atomic mass is 9.81. The quantitative estimate of drug-likeness (QED) is 0.103. The van der Waals surface area contributed by atoms with Gasteiger partial charge in [0.1, 0.15) is 0 Å². The highest BCUT2D eigenvalue weighted by Gasteiger charge is 2.42. The van der Waals surface area contributed by atoms with Crippen molar-refractivity contribution >= 4 is 119 Å². The molecule has 7 aromatic rings. The molecule has 0 aromatic heterocycles. The first-order valence-electron chi connectivity index (χ1n) is 19.6. The standard InChI is InChI=1S/C48H40Cl4N2O4/c1-19(2)23-11-9-12-24(20(3)4)43(23)53-45(55)27-15-31(49)37-39-33(51)17-29-36-30(48(58)54(47(29)57)44-25(21(5)6)13-10-14-26(44)22(7)8)18-34(52)40(42(36)39)38-32(50)16-28(46(53)56)35(27)41(37)38/h9-22,45,55H,1-8H3. The number of carbonyl (C=O) groups excluding carboxylic acids is 3. The van der Waals surface area contributed by atoms with Gasteiger partial charge in [-0.1, -0.05) is 138 Å². The van der Waals surface area contributed by atoms with E-state index < -0.39 is 23.9 Å². The Hall–Kier alpha value is -4.43. The molecule has 3 amide bonds. The fourth-order valence-corrected chi connectivity index (χ4v) is 10.8. The lowest BCUT2D eigenvalue weighted by Gasteiger charge is -2.38. The molecule has 1 unspecified atom stereocenters. The van der Waals surface area contributed by atoms with Crippen molar-refractivity contribution in [2.24, 2.45) is 0 Å². The third-order valence-electron chi connectivity index (χ3n) is 12.1. The number of para-hydroxylation sites is 2. The summed E-state index contributed by atoms with van der Waals surface area (Å²) < 4.78 is 0. The number of benzene rings is 7. The van der Waals surface area contributed by atoms with Crippen molar-refractivity contribution in [3.05, 3.63) is 125 Å². The van der Waals surface area contributed by atoms with Gasteiger partial charge < -0.3 is 5.11 Å². The van der Waals surface area contributed by atoms with Crippen LogP contribution in [0, 0.1) is 0 Å². The number of fused-ring (bicyclic) bond motifs is 2. The zero-order chi connectivity index (χ0) is 41.5. The Bertz CT molecular complexity index is 2880. The summed E-state index contributed by atoms with van der Waals surface area (Å²) in [5.74, 6) is -1.29. The van der Waals surface area contributed by atoms with Gasteiger partial charge in [0.25, 0.3) is 17.7 Å². The average Bonchev–Trinajstić information content (AvgIpc) is 3.16. The van der Waals surface area contributed by atoms with E-state index in [2.05, 4.69) is 27.7 Å². The number of anilines is 2. The highest BCUT2D eigenvalue weighted by molar-refractivity contribution is 6.56. The number of carbonyl (C=O) groups is 3. The van der Waals surface area contributed by atoms with Crippen molar-refractivity contribution in [1.82, 2.24) is 0 Å². The second-order valence-corrected chi connectivity index (χ2v) is 18.5. The van der Waals surface area contributed by atoms with Crippen LogP contribution in [0.1, 0.15) is 144 Å². The molecule has 10 heteroatoms. The zero-order valence-electron chi connectivity index (χ0n) is 33.2. The Balaban J connectivity index is 1.37. The first-order chi connectivity index (χ1) is 27.5. The highest BCUT2D eigenvalue weighted by atomic mass is 35.5. The third kappa shape index (κ3) is 5.18. The lowest BCUT2D eigenvalue weighted by molar-refractivity contribution is 0.0870. The Kier molecular flexibility index (Phi) is 9.12. The molecule has 0 saturated carbocycles. The molecule has 0 fully saturated rings. The van der Waals surface area contributed by atoms with Gasteiger partial charge in [-0.3, -0.25) is 19.3 Å². The Morgan fingerprint density at radius 2 is 0.810 bits per heavy atom. The van der Waals surface area contributed by atoms with E-state index in [1.54, 1.807) is 24.3 Å². The first kappa shape index (κ1) is 39.1. The minimum atomic E-state index is -1.40. The lowest BCUT2D eigenvalue weighted by Crippen LogP contribution is -2.42. The van der Waals surface area contributed by atoms with Gasteiger partial charge in [-0.05, 0) is 70.2 Å². The van der Waals surface area contributed by atoms with Gasteiger partial charge >= 0.3 is 0 Å². The molecule has 6 nitrogen and oxygen atoms in total. The van der Waals surface area contributed by atoms with Crippen LogP contribution in [0.2, 0.25) is 20.1 Å². The maximum atomic E-state index is 14.9. The molecule has 1 N–H and O–H groups in total. The molecule has 7 aromatic carbocycles. The van der Waals surface area contributed by atoms with Gasteiger partial charge in [0.05, 0.1) is 22.5 Å². The van der Waals surface area contributed by atoms with Crippen LogP contribution in [-0.4, -0.2) is 22.8 Å². The summed E-state index contributed by atoms with van der Waals surface area (Å²) in [5, 5.41) is 17.0. The topological polar surface area (TPSA) is 77.9 Å². The number of hydrogen-bond donors (Lipinski definition) is 1. The van der Waals surface area contributed by atoms with Crippen LogP contribution in [0.5, 0.6) is 0 Å². The summed E-state index contributed by atoms with van der Waals surface area (Å²) >= 11 is 29.3. The normalized spacial score (nSPS) is 15.8. The number of halogens is 4. The van der Waals surface area contributed by atoms with Crippen LogP contribution in [0.25, 0.3) is 43.1 Å². The van der Waals surface area contributed by atoms with Crippen LogP contribution in [-0.2, 0) is 0 Å². The SMILES string of the molecule is CC(C)c1cccc(C(C)C)c1N1C(=O)c2cc(Cl)c3c4c(Cl)cc5c6c(cc(Cl)c(c7c(Cl)cc(c2c37)C1=O)c64)C(O)N(c1c(C(C)C)cccc1C(C)C)C5=O. The fraction of sp³-hybridized carbons (Fsp3) is 0.271. The zero-order valence-corrected chi connectivity index (χ0v) is 36.3. The second kappa shape index (κ2) is 13.6. The summed E-state index contributed by atoms with van der Waals surface area (Å²) in [6.45, 7) is 16.4. The Morgan fingerprint density at radius 3 is 1.21 bits per heavy atom. The number of imide groups is 1. The van der Waals surface area contributed by atoms with Crippen LogP contribution in [0.4, 0.5) is 11.4 Å². The van der Waals surface area contributed by atoms with Crippen molar-refractivity contribution in [2.75, 3.05) is 9.80 Å². The van der Waals surface area contributed by atoms with Gasteiger partial charge in [0.2, 0.25) is 0 Å². The minimum Gasteiger partial charge on any atom is -0.369 e. The van der Waals surface area contributed by atoms with Crippen LogP contribution >= 0.6 is 46.4 Å². The summed E-state index contributed by atoms with van der Waals surface area (Å²) in [6, 6.07) is 18.3. The van der Waals surface area contributed by atoms with E-state index >= 15 is 0 Å². The maximum Gasteiger partial charge on any atom is 0.266 e. The highest BCUT2D eigenvalue weighted by Crippen LogP contribution is 2.56. The first-order valence-corrected chi connectivity index (χ1v) is 21.1. The van der Waals surface area contributed by atoms with Crippen molar-refractivity contribution in [3.8, 4) is 0 Å². The van der Waals surface area contributed by atoms with Gasteiger partial charge in [-0.2, -0.15) is 0 Å². The van der Waals surface area contributed by atoms with E-state index in [0.717, 1.165) is 22.3 Å². The summed E-state index contributed by atoms with van der Waals surface area (Å²) in [4.78, 5) is 47.4. The van der Waals surface area contributed by atoms with Gasteiger partial charge in [0, 0.05) is 74.3 Å². The fourth-order valence-electron chi connectivity index (χ4n) is 9.56. The van der Waals surface area contributed by atoms with Crippen molar-refractivity contribution < 1.29 is 19.5 Å². The molecule has 0 aliphatic carbocycles. The molecule has 0 spiro atoms. The van der Waals surface area contributed by atoms with E-state index in [1.165, 1.54) is 9.80 Å². The molecule has 1 atom stereocenters.